The highest BCUT2D eigenvalue weighted by Gasteiger charge is 2.35. The van der Waals surface area contributed by atoms with Crippen molar-refractivity contribution in [1.82, 2.24) is 13.7 Å². The largest absolute Gasteiger partial charge is 0.497 e. The average Bonchev–Trinajstić information content (AvgIpc) is 1.62. The van der Waals surface area contributed by atoms with E-state index in [-0.39, 0.29) is 5.41 Å². The molecule has 0 radical (unpaired) electrons. The molecule has 16 aromatic rings. The fraction of sp³-hybridized carbons (Fsp3) is 0.152. The first-order valence-corrected chi connectivity index (χ1v) is 33.9. The predicted octanol–water partition coefficient (Wildman–Crippen LogP) is 24.0. The van der Waals surface area contributed by atoms with Crippen molar-refractivity contribution in [3.63, 3.8) is 0 Å². The van der Waals surface area contributed by atoms with Crippen LogP contribution in [0.3, 0.4) is 0 Å². The first-order valence-electron chi connectivity index (χ1n) is 33.9. The van der Waals surface area contributed by atoms with Gasteiger partial charge in [0.15, 0.2) is 0 Å². The number of hydrogen-bond donors (Lipinski definition) is 0. The third-order valence-corrected chi connectivity index (χ3v) is 20.5. The van der Waals surface area contributed by atoms with E-state index in [1.165, 1.54) is 171 Å². The summed E-state index contributed by atoms with van der Waals surface area (Å²) in [5.41, 5.74) is 32.3. The van der Waals surface area contributed by atoms with Gasteiger partial charge < -0.3 is 28.1 Å². The molecule has 0 spiro atoms. The number of aryl methyl sites for hydroxylation is 8. The van der Waals surface area contributed by atoms with Crippen molar-refractivity contribution in [2.24, 2.45) is 21.1 Å². The smallest absolute Gasteiger partial charge is 0.119 e. The zero-order chi connectivity index (χ0) is 68.1. The number of rotatable bonds is 8. The van der Waals surface area contributed by atoms with Gasteiger partial charge in [-0.15, -0.1) is 0 Å². The summed E-state index contributed by atoms with van der Waals surface area (Å²) in [5.74, 6) is 1.75. The van der Waals surface area contributed by atoms with Gasteiger partial charge in [-0.3, -0.25) is 0 Å². The summed E-state index contributed by atoms with van der Waals surface area (Å²) in [6.07, 6.45) is 0. The molecule has 98 heavy (non-hydrogen) atoms. The molecule has 0 atom stereocenters. The van der Waals surface area contributed by atoms with Gasteiger partial charge in [-0.05, 0) is 222 Å². The first kappa shape index (κ1) is 64.0. The van der Waals surface area contributed by atoms with Crippen LogP contribution in [0.25, 0.3) is 121 Å². The van der Waals surface area contributed by atoms with Crippen LogP contribution in [0.2, 0.25) is 0 Å². The topological polar surface area (TPSA) is 36.5 Å². The Bertz CT molecular complexity index is 5400. The zero-order valence-electron chi connectivity index (χ0n) is 58.6. The molecular formula is C92H84N4O2. The number of methoxy groups -OCH3 is 2. The lowest BCUT2D eigenvalue weighted by molar-refractivity contribution is 0.415. The second-order valence-corrected chi connectivity index (χ2v) is 27.0. The van der Waals surface area contributed by atoms with Gasteiger partial charge in [0.1, 0.15) is 11.5 Å². The van der Waals surface area contributed by atoms with E-state index in [2.05, 4.69) is 356 Å². The summed E-state index contributed by atoms with van der Waals surface area (Å²) >= 11 is 0. The number of nitrogens with zero attached hydrogens (tertiary/aromatic N) is 4. The number of ether oxygens (including phenoxy) is 2. The van der Waals surface area contributed by atoms with Gasteiger partial charge in [0, 0.05) is 110 Å². The minimum Gasteiger partial charge on any atom is -0.497 e. The minimum atomic E-state index is 0.0516. The van der Waals surface area contributed by atoms with E-state index in [1.807, 2.05) is 12.1 Å². The van der Waals surface area contributed by atoms with Crippen LogP contribution < -0.4 is 14.4 Å². The molecule has 484 valence electrons. The van der Waals surface area contributed by atoms with Crippen LogP contribution in [0.4, 0.5) is 11.4 Å². The molecule has 6 nitrogen and oxygen atoms in total. The molecule has 0 unspecified atom stereocenters. The predicted molar refractivity (Wildman–Crippen MR) is 418 cm³/mol. The number of benzene rings is 13. The Morgan fingerprint density at radius 3 is 1.01 bits per heavy atom. The maximum absolute atomic E-state index is 5.30. The van der Waals surface area contributed by atoms with E-state index in [0.717, 1.165) is 11.5 Å². The van der Waals surface area contributed by atoms with Crippen LogP contribution in [0.15, 0.2) is 273 Å². The molecule has 6 heteroatoms. The van der Waals surface area contributed by atoms with Crippen molar-refractivity contribution in [3.8, 4) is 67.1 Å². The number of fused-ring (bicyclic) bond motifs is 12. The van der Waals surface area contributed by atoms with Crippen molar-refractivity contribution in [1.29, 1.82) is 0 Å². The maximum Gasteiger partial charge on any atom is 0.119 e. The lowest BCUT2D eigenvalue weighted by Gasteiger charge is -2.25. The Labute approximate surface area is 576 Å². The summed E-state index contributed by atoms with van der Waals surface area (Å²) in [6, 6.07) is 98.7. The average molecular weight is 1280 g/mol. The van der Waals surface area contributed by atoms with E-state index >= 15 is 0 Å². The van der Waals surface area contributed by atoms with E-state index in [0.29, 0.717) is 0 Å². The Balaban J connectivity index is 0.000000113. The van der Waals surface area contributed by atoms with Crippen LogP contribution in [-0.4, -0.2) is 35.0 Å². The number of anilines is 2. The molecule has 0 aliphatic heterocycles. The summed E-state index contributed by atoms with van der Waals surface area (Å²) in [5, 5.41) is 7.62. The monoisotopic (exact) mass is 1280 g/mol. The molecule has 0 amide bonds. The SMILES string of the molecule is COc1ccc2c(c1)c1cc(OC)ccc1n2C.Cc1ccc(-c2ccc3c(c2)c2cc(-c4ccc(C)cc4)ccc2n3C)cc1.Cc1ccc(N(C)c2ccc3c(c2)C(C)(C)c2ccccc2-3)cc1.Cc1ccccc1-c1ccc2c(c1)c1cc(-c3ccccc3C)ccc1n2C. The second kappa shape index (κ2) is 26.3. The third kappa shape index (κ3) is 12.0. The van der Waals surface area contributed by atoms with Gasteiger partial charge in [-0.2, -0.15) is 0 Å². The van der Waals surface area contributed by atoms with Crippen LogP contribution in [-0.2, 0) is 26.6 Å². The molecule has 0 saturated heterocycles. The quantitative estimate of drug-likeness (QED) is 0.152. The molecule has 3 aromatic heterocycles. The highest BCUT2D eigenvalue weighted by atomic mass is 16.5. The van der Waals surface area contributed by atoms with Gasteiger partial charge in [-0.25, -0.2) is 0 Å². The maximum atomic E-state index is 5.30. The lowest BCUT2D eigenvalue weighted by atomic mass is 9.82. The van der Waals surface area contributed by atoms with Crippen molar-refractivity contribution < 1.29 is 9.47 Å². The van der Waals surface area contributed by atoms with Gasteiger partial charge in [0.25, 0.3) is 0 Å². The summed E-state index contributed by atoms with van der Waals surface area (Å²) < 4.78 is 17.4. The van der Waals surface area contributed by atoms with E-state index < -0.39 is 0 Å². The Hall–Kier alpha value is -11.3. The molecule has 13 aromatic carbocycles. The highest BCUT2D eigenvalue weighted by molar-refractivity contribution is 6.12. The fourth-order valence-electron chi connectivity index (χ4n) is 14.7. The molecule has 3 heterocycles. The second-order valence-electron chi connectivity index (χ2n) is 27.0. The normalized spacial score (nSPS) is 12.0. The molecule has 0 fully saturated rings. The molecule has 0 bridgehead atoms. The molecule has 0 saturated carbocycles. The van der Waals surface area contributed by atoms with E-state index in [1.54, 1.807) is 14.2 Å². The highest BCUT2D eigenvalue weighted by Crippen LogP contribution is 2.50. The molecule has 17 rings (SSSR count). The van der Waals surface area contributed by atoms with Crippen molar-refractivity contribution in [3.05, 3.63) is 312 Å². The van der Waals surface area contributed by atoms with Crippen LogP contribution in [0, 0.1) is 34.6 Å². The van der Waals surface area contributed by atoms with Gasteiger partial charge >= 0.3 is 0 Å². The van der Waals surface area contributed by atoms with Crippen molar-refractivity contribution in [2.75, 3.05) is 26.2 Å². The first-order chi connectivity index (χ1) is 47.5. The summed E-state index contributed by atoms with van der Waals surface area (Å²) in [4.78, 5) is 2.26. The van der Waals surface area contributed by atoms with E-state index in [4.69, 9.17) is 9.47 Å². The number of hydrogen-bond acceptors (Lipinski definition) is 3. The molecule has 0 N–H and O–H groups in total. The van der Waals surface area contributed by atoms with Crippen LogP contribution in [0.5, 0.6) is 11.5 Å². The lowest BCUT2D eigenvalue weighted by Crippen LogP contribution is -2.16. The number of aromatic nitrogens is 3. The zero-order valence-corrected chi connectivity index (χ0v) is 58.6. The summed E-state index contributed by atoms with van der Waals surface area (Å²) in [7, 11) is 11.9. The molecule has 1 aliphatic rings. The Morgan fingerprint density at radius 1 is 0.286 bits per heavy atom. The minimum absolute atomic E-state index is 0.0516. The van der Waals surface area contributed by atoms with Crippen LogP contribution >= 0.6 is 0 Å². The fourth-order valence-corrected chi connectivity index (χ4v) is 14.7. The molecular weight excluding hydrogens is 1190 g/mol. The van der Waals surface area contributed by atoms with Crippen molar-refractivity contribution >= 4 is 76.8 Å². The van der Waals surface area contributed by atoms with Gasteiger partial charge in [-0.1, -0.05) is 194 Å². The van der Waals surface area contributed by atoms with Gasteiger partial charge in [0.05, 0.1) is 14.2 Å². The van der Waals surface area contributed by atoms with E-state index in [9.17, 15) is 0 Å². The summed E-state index contributed by atoms with van der Waals surface area (Å²) in [6.45, 7) is 15.4. The third-order valence-electron chi connectivity index (χ3n) is 20.5. The van der Waals surface area contributed by atoms with Crippen molar-refractivity contribution in [2.45, 2.75) is 53.9 Å². The molecule has 1 aliphatic carbocycles. The van der Waals surface area contributed by atoms with Gasteiger partial charge in [0.2, 0.25) is 0 Å². The Kier molecular flexibility index (Phi) is 17.2. The van der Waals surface area contributed by atoms with Crippen LogP contribution in [0.1, 0.15) is 52.8 Å². The standard InChI is InChI=1S/2C27H23N.C23H23N.C15H15NO2/c1-18-4-8-20(9-5-18)22-12-14-26-24(16-22)25-17-23(13-15-27(25)28(26)3)21-10-6-19(2)7-11-21;1-18-8-4-6-10-22(18)20-12-14-26-24(16-20)25-17-21(13-15-27(25)28(26)3)23-11-7-5-9-19(23)2;1-16-9-11-17(12-10-16)24(4)18-13-14-20-19-7-5-6-8-21(19)23(2,3)22(20)15-18;1-16-14-6-4-10(17-2)8-12(14)13-9-11(18-3)5-7-15(13)16/h2*4-17H,1-3H3;5-15H,1-4H3;4-9H,1-3H3. The Morgan fingerprint density at radius 2 is 0.602 bits per heavy atom.